The van der Waals surface area contributed by atoms with Crippen molar-refractivity contribution in [2.75, 3.05) is 7.05 Å². The summed E-state index contributed by atoms with van der Waals surface area (Å²) in [4.78, 5) is 23.3. The number of nitrogens with zero attached hydrogens (tertiary/aromatic N) is 3. The predicted octanol–water partition coefficient (Wildman–Crippen LogP) is 3.07. The Hall–Kier alpha value is -1.88. The van der Waals surface area contributed by atoms with Crippen molar-refractivity contribution in [2.45, 2.75) is 47.9 Å². The molecule has 0 spiro atoms. The van der Waals surface area contributed by atoms with Crippen LogP contribution in [0.5, 0.6) is 0 Å². The molecule has 124 valence electrons. The van der Waals surface area contributed by atoms with Gasteiger partial charge in [-0.3, -0.25) is 9.78 Å². The summed E-state index contributed by atoms with van der Waals surface area (Å²) < 4.78 is 0. The van der Waals surface area contributed by atoms with Gasteiger partial charge < -0.3 is 4.90 Å². The number of hydrogen-bond acceptors (Lipinski definition) is 4. The number of likely N-dealkylation sites (tertiary alicyclic amines) is 1. The lowest BCUT2D eigenvalue weighted by Crippen LogP contribution is -2.60. The number of amides is 1. The van der Waals surface area contributed by atoms with Gasteiger partial charge in [0, 0.05) is 30.9 Å². The molecule has 1 saturated heterocycles. The number of fused-ring (bicyclic) bond motifs is 3. The Balaban J connectivity index is 1.70. The van der Waals surface area contributed by atoms with Crippen molar-refractivity contribution in [3.63, 3.8) is 0 Å². The third-order valence-electron chi connectivity index (χ3n) is 5.56. The zero-order valence-corrected chi connectivity index (χ0v) is 14.8. The molecule has 0 saturated carbocycles. The van der Waals surface area contributed by atoms with E-state index in [1.54, 1.807) is 30.4 Å². The molecule has 4 rings (SSSR count). The van der Waals surface area contributed by atoms with Gasteiger partial charge in [0.25, 0.3) is 0 Å². The molecule has 24 heavy (non-hydrogen) atoms. The van der Waals surface area contributed by atoms with Crippen molar-refractivity contribution < 1.29 is 4.79 Å². The second kappa shape index (κ2) is 5.88. The molecule has 1 aromatic carbocycles. The molecule has 3 atom stereocenters. The van der Waals surface area contributed by atoms with Gasteiger partial charge in [0.2, 0.25) is 5.91 Å². The highest BCUT2D eigenvalue weighted by atomic mass is 32.2. The standard InChI is InChI=1S/C19H21N3OS/c1-19-11-15(24-17-12-20-9-10-21-17)18(23)22(2)16(19)8-7-13-5-3-4-6-14(13)19/h3-6,9-10,12,15-16H,7-8,11H2,1-2H3/t15?,16-,19-/m1/s1. The first-order valence-corrected chi connectivity index (χ1v) is 9.25. The third-order valence-corrected chi connectivity index (χ3v) is 6.66. The van der Waals surface area contributed by atoms with Crippen LogP contribution in [0, 0.1) is 0 Å². The number of aryl methyl sites for hydroxylation is 1. The van der Waals surface area contributed by atoms with E-state index in [9.17, 15) is 4.79 Å². The molecule has 1 aliphatic heterocycles. The van der Waals surface area contributed by atoms with Crippen molar-refractivity contribution in [1.82, 2.24) is 14.9 Å². The second-order valence-corrected chi connectivity index (χ2v) is 8.16. The highest BCUT2D eigenvalue weighted by molar-refractivity contribution is 8.00. The molecule has 0 bridgehead atoms. The van der Waals surface area contributed by atoms with E-state index in [0.29, 0.717) is 0 Å². The Kier molecular flexibility index (Phi) is 3.83. The van der Waals surface area contributed by atoms with Gasteiger partial charge in [-0.1, -0.05) is 43.0 Å². The summed E-state index contributed by atoms with van der Waals surface area (Å²) in [5.74, 6) is 0.215. The number of aromatic nitrogens is 2. The van der Waals surface area contributed by atoms with E-state index in [1.165, 1.54) is 11.1 Å². The van der Waals surface area contributed by atoms with Gasteiger partial charge in [0.15, 0.2) is 0 Å². The van der Waals surface area contributed by atoms with Crippen LogP contribution in [0.1, 0.15) is 30.9 Å². The Labute approximate surface area is 146 Å². The molecule has 5 heteroatoms. The van der Waals surface area contributed by atoms with E-state index in [2.05, 4.69) is 41.2 Å². The molecule has 1 aliphatic carbocycles. The van der Waals surface area contributed by atoms with Crippen molar-refractivity contribution in [2.24, 2.45) is 0 Å². The fourth-order valence-electron chi connectivity index (χ4n) is 4.39. The highest BCUT2D eigenvalue weighted by Crippen LogP contribution is 2.48. The lowest BCUT2D eigenvalue weighted by Gasteiger charge is -2.52. The van der Waals surface area contributed by atoms with Gasteiger partial charge in [-0.15, -0.1) is 0 Å². The van der Waals surface area contributed by atoms with Crippen LogP contribution in [0.4, 0.5) is 0 Å². The van der Waals surface area contributed by atoms with E-state index in [4.69, 9.17) is 0 Å². The summed E-state index contributed by atoms with van der Waals surface area (Å²) in [6.07, 6.45) is 8.02. The molecule has 2 heterocycles. The smallest absolute Gasteiger partial charge is 0.236 e. The maximum atomic E-state index is 12.9. The molecule has 1 unspecified atom stereocenters. The topological polar surface area (TPSA) is 46.1 Å². The fraction of sp³-hybridized carbons (Fsp3) is 0.421. The fourth-order valence-corrected chi connectivity index (χ4v) is 5.62. The Morgan fingerprint density at radius 3 is 2.92 bits per heavy atom. The van der Waals surface area contributed by atoms with Gasteiger partial charge in [0.1, 0.15) is 5.03 Å². The summed E-state index contributed by atoms with van der Waals surface area (Å²) in [7, 11) is 1.96. The normalized spacial score (nSPS) is 29.1. The number of rotatable bonds is 2. The SMILES string of the molecule is CN1C(=O)C(Sc2cnccn2)C[C@]2(C)c3ccccc3CC[C@@H]12. The molecule has 1 amide bonds. The maximum absolute atomic E-state index is 12.9. The number of benzene rings is 1. The predicted molar refractivity (Wildman–Crippen MR) is 95.0 cm³/mol. The van der Waals surface area contributed by atoms with Gasteiger partial charge >= 0.3 is 0 Å². The first-order chi connectivity index (χ1) is 11.6. The van der Waals surface area contributed by atoms with Crippen molar-refractivity contribution >= 4 is 17.7 Å². The van der Waals surface area contributed by atoms with Crippen LogP contribution in [0.25, 0.3) is 0 Å². The minimum Gasteiger partial charge on any atom is -0.341 e. The lowest BCUT2D eigenvalue weighted by atomic mass is 9.63. The van der Waals surface area contributed by atoms with Gasteiger partial charge in [-0.2, -0.15) is 0 Å². The summed E-state index contributed by atoms with van der Waals surface area (Å²) in [5, 5.41) is 0.703. The molecular weight excluding hydrogens is 318 g/mol. The van der Waals surface area contributed by atoms with Crippen LogP contribution in [0.2, 0.25) is 0 Å². The highest BCUT2D eigenvalue weighted by Gasteiger charge is 2.50. The van der Waals surface area contributed by atoms with E-state index >= 15 is 0 Å². The third kappa shape index (κ3) is 2.42. The summed E-state index contributed by atoms with van der Waals surface area (Å²) in [5.41, 5.74) is 2.84. The Bertz CT molecular complexity index is 766. The van der Waals surface area contributed by atoms with Crippen LogP contribution in [-0.2, 0) is 16.6 Å². The number of hydrogen-bond donors (Lipinski definition) is 0. The van der Waals surface area contributed by atoms with Crippen LogP contribution >= 0.6 is 11.8 Å². The Morgan fingerprint density at radius 1 is 1.29 bits per heavy atom. The van der Waals surface area contributed by atoms with Crippen LogP contribution in [-0.4, -0.2) is 39.1 Å². The van der Waals surface area contributed by atoms with Crippen molar-refractivity contribution in [1.29, 1.82) is 0 Å². The Morgan fingerprint density at radius 2 is 2.12 bits per heavy atom. The van der Waals surface area contributed by atoms with Gasteiger partial charge in [-0.25, -0.2) is 4.98 Å². The number of carbonyl (C=O) groups is 1. The number of carbonyl (C=O) groups excluding carboxylic acids is 1. The van der Waals surface area contributed by atoms with Crippen LogP contribution < -0.4 is 0 Å². The summed E-state index contributed by atoms with van der Waals surface area (Å²) >= 11 is 1.54. The summed E-state index contributed by atoms with van der Waals surface area (Å²) in [6.45, 7) is 2.32. The molecule has 1 aromatic heterocycles. The number of likely N-dealkylation sites (N-methyl/N-ethyl adjacent to an activating group) is 1. The zero-order valence-electron chi connectivity index (χ0n) is 14.0. The maximum Gasteiger partial charge on any atom is 0.236 e. The van der Waals surface area contributed by atoms with E-state index in [-0.39, 0.29) is 22.6 Å². The molecule has 0 radical (unpaired) electrons. The largest absolute Gasteiger partial charge is 0.341 e. The van der Waals surface area contributed by atoms with Crippen LogP contribution in [0.15, 0.2) is 47.9 Å². The van der Waals surface area contributed by atoms with Crippen LogP contribution in [0.3, 0.4) is 0 Å². The monoisotopic (exact) mass is 339 g/mol. The lowest BCUT2D eigenvalue weighted by molar-refractivity contribution is -0.137. The molecule has 0 N–H and O–H groups in total. The quantitative estimate of drug-likeness (QED) is 0.843. The van der Waals surface area contributed by atoms with Gasteiger partial charge in [-0.05, 0) is 30.4 Å². The number of piperidine rings is 1. The summed E-state index contributed by atoms with van der Waals surface area (Å²) in [6, 6.07) is 8.99. The average Bonchev–Trinajstić information content (AvgIpc) is 2.60. The van der Waals surface area contributed by atoms with Crippen molar-refractivity contribution in [3.05, 3.63) is 54.0 Å². The zero-order chi connectivity index (χ0) is 16.7. The first-order valence-electron chi connectivity index (χ1n) is 8.37. The van der Waals surface area contributed by atoms with Crippen molar-refractivity contribution in [3.8, 4) is 0 Å². The average molecular weight is 339 g/mol. The van der Waals surface area contributed by atoms with Gasteiger partial charge in [0.05, 0.1) is 11.4 Å². The minimum atomic E-state index is -0.112. The van der Waals surface area contributed by atoms with E-state index in [1.807, 2.05) is 11.9 Å². The first kappa shape index (κ1) is 15.6. The molecule has 1 fully saturated rings. The minimum absolute atomic E-state index is 0.00260. The molecule has 4 nitrogen and oxygen atoms in total. The van der Waals surface area contributed by atoms with E-state index in [0.717, 1.165) is 24.3 Å². The number of thioether (sulfide) groups is 1. The second-order valence-electron chi connectivity index (χ2n) is 6.93. The molecule has 2 aromatic rings. The molecular formula is C19H21N3OS. The molecule has 2 aliphatic rings. The van der Waals surface area contributed by atoms with E-state index < -0.39 is 0 Å².